The quantitative estimate of drug-likeness (QED) is 0.201. The molecule has 0 N–H and O–H groups in total. The van der Waals surface area contributed by atoms with Gasteiger partial charge >= 0.3 is 11.9 Å². The molecule has 0 radical (unpaired) electrons. The summed E-state index contributed by atoms with van der Waals surface area (Å²) in [6, 6.07) is 14.4. The summed E-state index contributed by atoms with van der Waals surface area (Å²) in [7, 11) is 0. The second-order valence-electron chi connectivity index (χ2n) is 10.3. The number of halogens is 3. The van der Waals surface area contributed by atoms with Gasteiger partial charge in [-0.3, -0.25) is 0 Å². The number of ether oxygens (including phenoxy) is 2. The van der Waals surface area contributed by atoms with Crippen molar-refractivity contribution >= 4 is 74.1 Å². The molecule has 39 heavy (non-hydrogen) atoms. The van der Waals surface area contributed by atoms with Gasteiger partial charge in [-0.15, -0.1) is 0 Å². The van der Waals surface area contributed by atoms with Crippen molar-refractivity contribution in [1.82, 2.24) is 8.75 Å². The highest BCUT2D eigenvalue weighted by Gasteiger charge is 2.26. The summed E-state index contributed by atoms with van der Waals surface area (Å²) in [6.07, 6.45) is 0. The predicted molar refractivity (Wildman–Crippen MR) is 163 cm³/mol. The van der Waals surface area contributed by atoms with Crippen LogP contribution in [0.1, 0.15) is 62.3 Å². The Kier molecular flexibility index (Phi) is 10.3. The number of aromatic nitrogens is 2. The van der Waals surface area contributed by atoms with Crippen LogP contribution in [0.25, 0.3) is 22.5 Å². The van der Waals surface area contributed by atoms with Crippen LogP contribution in [-0.4, -0.2) is 31.9 Å². The van der Waals surface area contributed by atoms with Crippen LogP contribution < -0.4 is 0 Å². The number of hydrogen-bond acceptors (Lipinski definition) is 8. The van der Waals surface area contributed by atoms with E-state index in [0.29, 0.717) is 36.3 Å². The fraction of sp³-hybridized carbons (Fsp3) is 0.286. The molecular formula is C28H27BrCl2N2O4S2. The van der Waals surface area contributed by atoms with E-state index < -0.39 is 11.2 Å². The SMILES string of the molecule is CC(C)(C)OC(=O)c1c(-c2ccc(Cl)cc2)nsc1Br.CC(C)(C)OC(=O)c1csnc1-c1ccc(Cl)cc1. The summed E-state index contributed by atoms with van der Waals surface area (Å²) in [6.45, 7) is 11.0. The second-order valence-corrected chi connectivity index (χ2v) is 13.9. The zero-order valence-corrected chi connectivity index (χ0v) is 26.9. The molecule has 0 aliphatic carbocycles. The topological polar surface area (TPSA) is 78.4 Å². The van der Waals surface area contributed by atoms with E-state index in [9.17, 15) is 9.59 Å². The molecule has 0 atom stereocenters. The van der Waals surface area contributed by atoms with E-state index in [1.807, 2.05) is 65.8 Å². The third-order valence-corrected chi connectivity index (χ3v) is 7.28. The molecule has 0 aliphatic rings. The highest BCUT2D eigenvalue weighted by atomic mass is 79.9. The minimum absolute atomic E-state index is 0.355. The second kappa shape index (κ2) is 12.9. The molecule has 0 bridgehead atoms. The maximum atomic E-state index is 12.3. The maximum absolute atomic E-state index is 12.3. The van der Waals surface area contributed by atoms with Gasteiger partial charge in [0.1, 0.15) is 20.6 Å². The zero-order valence-electron chi connectivity index (χ0n) is 22.2. The molecule has 11 heteroatoms. The first-order chi connectivity index (χ1) is 18.1. The molecular weight excluding hydrogens is 643 g/mol. The normalized spacial score (nSPS) is 11.4. The van der Waals surface area contributed by atoms with E-state index in [2.05, 4.69) is 24.7 Å². The van der Waals surface area contributed by atoms with Crippen molar-refractivity contribution in [2.75, 3.05) is 0 Å². The van der Waals surface area contributed by atoms with E-state index in [0.717, 1.165) is 11.1 Å². The molecule has 4 aromatic rings. The van der Waals surface area contributed by atoms with Gasteiger partial charge in [0, 0.05) is 26.6 Å². The van der Waals surface area contributed by atoms with Crippen molar-refractivity contribution in [2.24, 2.45) is 0 Å². The molecule has 2 aromatic heterocycles. The molecule has 6 nitrogen and oxygen atoms in total. The maximum Gasteiger partial charge on any atom is 0.342 e. The first kappa shape index (κ1) is 31.2. The van der Waals surface area contributed by atoms with E-state index in [1.165, 1.54) is 23.1 Å². The first-order valence-corrected chi connectivity index (χ1v) is 14.9. The molecule has 0 amide bonds. The Morgan fingerprint density at radius 2 is 1.21 bits per heavy atom. The van der Waals surface area contributed by atoms with Gasteiger partial charge in [0.05, 0.1) is 17.0 Å². The number of carbonyl (C=O) groups is 2. The lowest BCUT2D eigenvalue weighted by Crippen LogP contribution is -2.24. The van der Waals surface area contributed by atoms with Gasteiger partial charge < -0.3 is 9.47 Å². The average molecular weight is 670 g/mol. The van der Waals surface area contributed by atoms with Crippen LogP contribution in [0.3, 0.4) is 0 Å². The van der Waals surface area contributed by atoms with Gasteiger partial charge in [0.15, 0.2) is 0 Å². The fourth-order valence-corrected chi connectivity index (χ4v) is 5.24. The Labute approximate surface area is 254 Å². The molecule has 206 valence electrons. The van der Waals surface area contributed by atoms with Crippen LogP contribution in [-0.2, 0) is 9.47 Å². The Morgan fingerprint density at radius 3 is 1.69 bits per heavy atom. The van der Waals surface area contributed by atoms with Gasteiger partial charge in [-0.05, 0) is 105 Å². The van der Waals surface area contributed by atoms with Crippen LogP contribution in [0.2, 0.25) is 10.0 Å². The summed E-state index contributed by atoms with van der Waals surface area (Å²) >= 11 is 17.5. The van der Waals surface area contributed by atoms with Crippen LogP contribution in [0.15, 0.2) is 57.7 Å². The standard InChI is InChI=1S/C14H13BrClNO2S.C14H14ClNO2S/c1-14(2,3)19-13(18)10-11(17-20-12(10)15)8-4-6-9(16)7-5-8;1-14(2,3)18-13(17)11-8-19-16-12(11)9-4-6-10(15)7-5-9/h4-7H,1-3H3;4-8H,1-3H3. The van der Waals surface area contributed by atoms with Crippen LogP contribution >= 0.6 is 62.2 Å². The summed E-state index contributed by atoms with van der Waals surface area (Å²) in [5, 5.41) is 3.00. The highest BCUT2D eigenvalue weighted by molar-refractivity contribution is 9.11. The lowest BCUT2D eigenvalue weighted by molar-refractivity contribution is 0.00577. The van der Waals surface area contributed by atoms with Gasteiger partial charge in [-0.1, -0.05) is 47.5 Å². The van der Waals surface area contributed by atoms with Crippen molar-refractivity contribution in [1.29, 1.82) is 0 Å². The molecule has 0 aliphatic heterocycles. The highest BCUT2D eigenvalue weighted by Crippen LogP contribution is 2.34. The Morgan fingerprint density at radius 1 is 0.744 bits per heavy atom. The fourth-order valence-electron chi connectivity index (χ4n) is 3.11. The van der Waals surface area contributed by atoms with Crippen molar-refractivity contribution in [3.63, 3.8) is 0 Å². The lowest BCUT2D eigenvalue weighted by Gasteiger charge is -2.19. The van der Waals surface area contributed by atoms with E-state index >= 15 is 0 Å². The van der Waals surface area contributed by atoms with Crippen LogP contribution in [0, 0.1) is 0 Å². The largest absolute Gasteiger partial charge is 0.456 e. The van der Waals surface area contributed by atoms with Crippen molar-refractivity contribution in [3.8, 4) is 22.5 Å². The summed E-state index contributed by atoms with van der Waals surface area (Å²) in [4.78, 5) is 24.4. The smallest absolute Gasteiger partial charge is 0.342 e. The number of carbonyl (C=O) groups excluding carboxylic acids is 2. The Hall–Kier alpha value is -2.30. The Balaban J connectivity index is 0.000000216. The molecule has 0 spiro atoms. The Bertz CT molecular complexity index is 1440. The molecule has 4 rings (SSSR count). The van der Waals surface area contributed by atoms with Crippen molar-refractivity contribution < 1.29 is 19.1 Å². The number of esters is 2. The summed E-state index contributed by atoms with van der Waals surface area (Å²) in [5.41, 5.74) is 2.80. The molecule has 0 fully saturated rings. The molecule has 0 unspecified atom stereocenters. The van der Waals surface area contributed by atoms with E-state index in [-0.39, 0.29) is 11.9 Å². The lowest BCUT2D eigenvalue weighted by atomic mass is 10.1. The number of rotatable bonds is 4. The first-order valence-electron chi connectivity index (χ1n) is 11.7. The zero-order chi connectivity index (χ0) is 29.0. The number of nitrogens with zero attached hydrogens (tertiary/aromatic N) is 2. The van der Waals surface area contributed by atoms with E-state index in [1.54, 1.807) is 29.6 Å². The third-order valence-electron chi connectivity index (χ3n) is 4.68. The monoisotopic (exact) mass is 668 g/mol. The minimum atomic E-state index is -0.546. The molecule has 2 aromatic carbocycles. The van der Waals surface area contributed by atoms with Gasteiger partial charge in [0.25, 0.3) is 0 Å². The average Bonchev–Trinajstić information content (AvgIpc) is 3.45. The molecule has 0 saturated carbocycles. The van der Waals surface area contributed by atoms with Crippen molar-refractivity contribution in [2.45, 2.75) is 52.7 Å². The number of hydrogen-bond donors (Lipinski definition) is 0. The van der Waals surface area contributed by atoms with Gasteiger partial charge in [-0.25, -0.2) is 9.59 Å². The van der Waals surface area contributed by atoms with Crippen molar-refractivity contribution in [3.05, 3.63) is 78.9 Å². The third kappa shape index (κ3) is 9.11. The van der Waals surface area contributed by atoms with Gasteiger partial charge in [-0.2, -0.15) is 8.75 Å². The predicted octanol–water partition coefficient (Wildman–Crippen LogP) is 9.60. The summed E-state index contributed by atoms with van der Waals surface area (Å²) < 4.78 is 20.0. The van der Waals surface area contributed by atoms with Gasteiger partial charge in [0.2, 0.25) is 0 Å². The molecule has 2 heterocycles. The summed E-state index contributed by atoms with van der Waals surface area (Å²) in [5.74, 6) is -0.741. The number of benzene rings is 2. The van der Waals surface area contributed by atoms with Crippen LogP contribution in [0.5, 0.6) is 0 Å². The van der Waals surface area contributed by atoms with E-state index in [4.69, 9.17) is 32.7 Å². The minimum Gasteiger partial charge on any atom is -0.456 e. The molecule has 0 saturated heterocycles. The van der Waals surface area contributed by atoms with Crippen LogP contribution in [0.4, 0.5) is 0 Å².